The first kappa shape index (κ1) is 15.8. The molecule has 0 aromatic heterocycles. The molecule has 0 N–H and O–H groups in total. The zero-order valence-corrected chi connectivity index (χ0v) is 15.2. The Balaban J connectivity index is 2.11. The molecular weight excluding hydrogens is 376 g/mol. The van der Waals surface area contributed by atoms with Crippen LogP contribution in [0.5, 0.6) is 0 Å². The highest BCUT2D eigenvalue weighted by molar-refractivity contribution is 9.10. The van der Waals surface area contributed by atoms with Gasteiger partial charge in [-0.25, -0.2) is 0 Å². The molecule has 0 aliphatic carbocycles. The molecule has 2 aromatic carbocycles. The van der Waals surface area contributed by atoms with Gasteiger partial charge < -0.3 is 0 Å². The molecule has 0 saturated carbocycles. The summed E-state index contributed by atoms with van der Waals surface area (Å²) in [5.41, 5.74) is 5.73. The molecule has 2 heteroatoms. The summed E-state index contributed by atoms with van der Waals surface area (Å²) in [7, 11) is 0. The first-order valence-corrected chi connectivity index (χ1v) is 8.87. The van der Waals surface area contributed by atoms with Crippen molar-refractivity contribution in [3.05, 3.63) is 69.2 Å². The molecule has 0 bridgehead atoms. The molecule has 2 aromatic rings. The minimum atomic E-state index is 0.635. The molecule has 2 rings (SSSR count). The summed E-state index contributed by atoms with van der Waals surface area (Å²) < 4.78 is 1.14. The van der Waals surface area contributed by atoms with Gasteiger partial charge in [-0.3, -0.25) is 0 Å². The molecule has 0 radical (unpaired) electrons. The van der Waals surface area contributed by atoms with Crippen molar-refractivity contribution in [2.45, 2.75) is 26.7 Å². The number of rotatable bonds is 5. The Kier molecular flexibility index (Phi) is 5.86. The quantitative estimate of drug-likeness (QED) is 0.556. The summed E-state index contributed by atoms with van der Waals surface area (Å²) in [5, 5.41) is 1.04. The molecule has 0 heterocycles. The Labute approximate surface area is 138 Å². The minimum absolute atomic E-state index is 0.635. The zero-order valence-electron chi connectivity index (χ0n) is 12.0. The fourth-order valence-electron chi connectivity index (χ4n) is 2.59. The fraction of sp³-hybridized carbons (Fsp3) is 0.333. The van der Waals surface area contributed by atoms with Gasteiger partial charge in [0.05, 0.1) is 0 Å². The lowest BCUT2D eigenvalue weighted by Gasteiger charge is -2.17. The molecule has 0 aliphatic heterocycles. The molecule has 0 amide bonds. The van der Waals surface area contributed by atoms with Gasteiger partial charge in [-0.1, -0.05) is 62.2 Å². The van der Waals surface area contributed by atoms with Crippen molar-refractivity contribution >= 4 is 31.9 Å². The Morgan fingerprint density at radius 3 is 2.05 bits per heavy atom. The van der Waals surface area contributed by atoms with Gasteiger partial charge in [-0.05, 0) is 67.0 Å². The monoisotopic (exact) mass is 394 g/mol. The summed E-state index contributed by atoms with van der Waals surface area (Å²) >= 11 is 7.18. The van der Waals surface area contributed by atoms with Crippen LogP contribution >= 0.6 is 31.9 Å². The van der Waals surface area contributed by atoms with Gasteiger partial charge in [-0.15, -0.1) is 0 Å². The number of hydrogen-bond acceptors (Lipinski definition) is 0. The number of benzene rings is 2. The van der Waals surface area contributed by atoms with Crippen molar-refractivity contribution in [2.75, 3.05) is 5.33 Å². The molecule has 0 saturated heterocycles. The zero-order chi connectivity index (χ0) is 14.5. The summed E-state index contributed by atoms with van der Waals surface area (Å²) in [6, 6.07) is 15.3. The molecule has 1 unspecified atom stereocenters. The van der Waals surface area contributed by atoms with E-state index in [4.69, 9.17) is 0 Å². The predicted molar refractivity (Wildman–Crippen MR) is 94.8 cm³/mol. The van der Waals surface area contributed by atoms with Crippen molar-refractivity contribution in [1.29, 1.82) is 0 Å². The van der Waals surface area contributed by atoms with Crippen molar-refractivity contribution in [3.63, 3.8) is 0 Å². The topological polar surface area (TPSA) is 0 Å². The van der Waals surface area contributed by atoms with Crippen LogP contribution < -0.4 is 0 Å². The van der Waals surface area contributed by atoms with Gasteiger partial charge in [0.2, 0.25) is 0 Å². The van der Waals surface area contributed by atoms with Crippen LogP contribution in [-0.2, 0) is 12.8 Å². The van der Waals surface area contributed by atoms with E-state index in [-0.39, 0.29) is 0 Å². The van der Waals surface area contributed by atoms with E-state index in [0.29, 0.717) is 5.92 Å². The largest absolute Gasteiger partial charge is 0.0925 e. The van der Waals surface area contributed by atoms with Crippen LogP contribution in [-0.4, -0.2) is 5.33 Å². The third-order valence-corrected chi connectivity index (χ3v) is 5.24. The average Bonchev–Trinajstić information content (AvgIpc) is 2.44. The fourth-order valence-corrected chi connectivity index (χ4v) is 3.32. The second-order valence-corrected chi connectivity index (χ2v) is 6.99. The molecule has 0 fully saturated rings. The van der Waals surface area contributed by atoms with Gasteiger partial charge >= 0.3 is 0 Å². The van der Waals surface area contributed by atoms with Crippen LogP contribution in [0.25, 0.3) is 0 Å². The summed E-state index contributed by atoms with van der Waals surface area (Å²) in [5.74, 6) is 0.635. The van der Waals surface area contributed by atoms with Gasteiger partial charge in [-0.2, -0.15) is 0 Å². The highest BCUT2D eigenvalue weighted by Crippen LogP contribution is 2.22. The van der Waals surface area contributed by atoms with Gasteiger partial charge in [0.15, 0.2) is 0 Å². The summed E-state index contributed by atoms with van der Waals surface area (Å²) in [4.78, 5) is 0. The normalized spacial score (nSPS) is 12.4. The Morgan fingerprint density at radius 1 is 0.900 bits per heavy atom. The highest BCUT2D eigenvalue weighted by Gasteiger charge is 2.12. The molecule has 106 valence electrons. The summed E-state index contributed by atoms with van der Waals surface area (Å²) in [6.07, 6.45) is 2.26. The predicted octanol–water partition coefficient (Wildman–Crippen LogP) is 5.86. The Morgan fingerprint density at radius 2 is 1.50 bits per heavy atom. The number of halogens is 2. The number of hydrogen-bond donors (Lipinski definition) is 0. The van der Waals surface area contributed by atoms with Crippen molar-refractivity contribution in [2.24, 2.45) is 5.92 Å². The van der Waals surface area contributed by atoms with Crippen LogP contribution in [0, 0.1) is 19.8 Å². The van der Waals surface area contributed by atoms with Crippen LogP contribution in [0.4, 0.5) is 0 Å². The molecule has 20 heavy (non-hydrogen) atoms. The van der Waals surface area contributed by atoms with Crippen LogP contribution in [0.1, 0.15) is 22.3 Å². The first-order chi connectivity index (χ1) is 9.60. The maximum absolute atomic E-state index is 3.69. The second-order valence-electron chi connectivity index (χ2n) is 5.43. The van der Waals surface area contributed by atoms with E-state index in [1.165, 1.54) is 22.3 Å². The third kappa shape index (κ3) is 4.20. The number of alkyl halides is 1. The SMILES string of the molecule is Cc1cccc(C)c1CC(CBr)Cc1ccc(Br)cc1. The maximum Gasteiger partial charge on any atom is 0.0175 e. The van der Waals surface area contributed by atoms with E-state index >= 15 is 0 Å². The lowest BCUT2D eigenvalue weighted by molar-refractivity contribution is 0.588. The van der Waals surface area contributed by atoms with E-state index in [1.807, 2.05) is 0 Å². The molecule has 1 atom stereocenters. The number of aryl methyl sites for hydroxylation is 2. The lowest BCUT2D eigenvalue weighted by atomic mass is 9.90. The lowest BCUT2D eigenvalue weighted by Crippen LogP contribution is -2.11. The minimum Gasteiger partial charge on any atom is -0.0925 e. The van der Waals surface area contributed by atoms with Crippen molar-refractivity contribution in [1.82, 2.24) is 0 Å². The van der Waals surface area contributed by atoms with E-state index in [0.717, 1.165) is 22.6 Å². The summed E-state index contributed by atoms with van der Waals surface area (Å²) in [6.45, 7) is 4.43. The first-order valence-electron chi connectivity index (χ1n) is 6.95. The second kappa shape index (κ2) is 7.42. The van der Waals surface area contributed by atoms with E-state index in [9.17, 15) is 0 Å². The van der Waals surface area contributed by atoms with E-state index < -0.39 is 0 Å². The van der Waals surface area contributed by atoms with Crippen LogP contribution in [0.15, 0.2) is 46.9 Å². The average molecular weight is 396 g/mol. The van der Waals surface area contributed by atoms with Crippen molar-refractivity contribution in [3.8, 4) is 0 Å². The highest BCUT2D eigenvalue weighted by atomic mass is 79.9. The van der Waals surface area contributed by atoms with E-state index in [1.54, 1.807) is 0 Å². The molecule has 0 nitrogen and oxygen atoms in total. The van der Waals surface area contributed by atoms with Crippen molar-refractivity contribution < 1.29 is 0 Å². The molecular formula is C18H20Br2. The Bertz CT molecular complexity index is 538. The Hall–Kier alpha value is -0.600. The molecule has 0 spiro atoms. The third-order valence-electron chi connectivity index (χ3n) is 3.79. The standard InChI is InChI=1S/C18H20Br2/c1-13-4-3-5-14(2)18(13)11-16(12-19)10-15-6-8-17(20)9-7-15/h3-9,16H,10-12H2,1-2H3. The van der Waals surface area contributed by atoms with Gasteiger partial charge in [0.1, 0.15) is 0 Å². The van der Waals surface area contributed by atoms with Crippen LogP contribution in [0.3, 0.4) is 0 Å². The van der Waals surface area contributed by atoms with Gasteiger partial charge in [0, 0.05) is 9.80 Å². The van der Waals surface area contributed by atoms with Crippen LogP contribution in [0.2, 0.25) is 0 Å². The maximum atomic E-state index is 3.69. The van der Waals surface area contributed by atoms with Gasteiger partial charge in [0.25, 0.3) is 0 Å². The smallest absolute Gasteiger partial charge is 0.0175 e. The molecule has 0 aliphatic rings. The van der Waals surface area contributed by atoms with E-state index in [2.05, 4.69) is 88.2 Å².